The van der Waals surface area contributed by atoms with Gasteiger partial charge < -0.3 is 41.3 Å². The van der Waals surface area contributed by atoms with Crippen molar-refractivity contribution >= 4 is 86.2 Å². The SMILES string of the molecule is CC1(C)CN(C(=O)Cn2c(=O)c(C(=O)NCc3ccc(Cl)cc3)cc3c(Cl)ccnc32)C1.CN(C)CCN.CN(C)CCNc1ccnc2c1cc(C(=O)NCc1ccc(Cl)cc1)c(=O)n2CC(=O)N1CC(C)(C)C1. The molecule has 2 saturated heterocycles. The number of pyridine rings is 4. The summed E-state index contributed by atoms with van der Waals surface area (Å²) in [6.45, 7) is 14.1. The number of carbonyl (C=O) groups is 4. The first-order valence-electron chi connectivity index (χ1n) is 24.5. The number of carbonyl (C=O) groups excluding carboxylic acids is 4. The van der Waals surface area contributed by atoms with Crippen molar-refractivity contribution < 1.29 is 19.2 Å². The van der Waals surface area contributed by atoms with Gasteiger partial charge in [0.1, 0.15) is 35.5 Å². The first kappa shape index (κ1) is 57.9. The summed E-state index contributed by atoms with van der Waals surface area (Å²) in [6, 6.07) is 20.5. The molecule has 18 nitrogen and oxygen atoms in total. The van der Waals surface area contributed by atoms with Crippen LogP contribution in [0.4, 0.5) is 5.69 Å². The van der Waals surface area contributed by atoms with Crippen LogP contribution in [0.15, 0.2) is 94.8 Å². The van der Waals surface area contributed by atoms with E-state index in [1.165, 1.54) is 21.4 Å². The number of hydrogen-bond acceptors (Lipinski definition) is 12. The van der Waals surface area contributed by atoms with Crippen LogP contribution in [0.2, 0.25) is 15.1 Å². The van der Waals surface area contributed by atoms with E-state index in [2.05, 4.69) is 63.4 Å². The first-order valence-corrected chi connectivity index (χ1v) is 25.6. The number of nitrogens with zero attached hydrogens (tertiary/aromatic N) is 8. The number of hydrogen-bond donors (Lipinski definition) is 4. The summed E-state index contributed by atoms with van der Waals surface area (Å²) in [5, 5.41) is 11.5. The molecule has 2 aliphatic heterocycles. The van der Waals surface area contributed by atoms with Crippen LogP contribution in [0.25, 0.3) is 22.1 Å². The quantitative estimate of drug-likeness (QED) is 0.0902. The van der Waals surface area contributed by atoms with Gasteiger partial charge in [0.15, 0.2) is 0 Å². The number of amides is 4. The van der Waals surface area contributed by atoms with E-state index in [4.69, 9.17) is 40.5 Å². The summed E-state index contributed by atoms with van der Waals surface area (Å²) in [6.07, 6.45) is 3.08. The van der Waals surface area contributed by atoms with Crippen LogP contribution < -0.4 is 32.8 Å². The van der Waals surface area contributed by atoms with Gasteiger partial charge >= 0.3 is 0 Å². The third-order valence-electron chi connectivity index (χ3n) is 12.4. The molecule has 2 fully saturated rings. The molecule has 0 bridgehead atoms. The van der Waals surface area contributed by atoms with Gasteiger partial charge in [0.25, 0.3) is 22.9 Å². The summed E-state index contributed by atoms with van der Waals surface area (Å²) in [5.41, 5.74) is 7.09. The summed E-state index contributed by atoms with van der Waals surface area (Å²) in [4.78, 5) is 94.8. The minimum Gasteiger partial charge on any atom is -0.383 e. The zero-order valence-electron chi connectivity index (χ0n) is 43.8. The number of fused-ring (bicyclic) bond motifs is 2. The van der Waals surface area contributed by atoms with Crippen molar-refractivity contribution in [2.75, 3.05) is 85.9 Å². The van der Waals surface area contributed by atoms with Crippen LogP contribution in [-0.2, 0) is 35.8 Å². The van der Waals surface area contributed by atoms with Crippen molar-refractivity contribution in [3.05, 3.63) is 143 Å². The van der Waals surface area contributed by atoms with Crippen LogP contribution in [-0.4, -0.2) is 143 Å². The van der Waals surface area contributed by atoms with Gasteiger partial charge in [0.2, 0.25) is 11.8 Å². The van der Waals surface area contributed by atoms with Gasteiger partial charge in [-0.15, -0.1) is 0 Å². The predicted molar refractivity (Wildman–Crippen MR) is 298 cm³/mol. The molecule has 4 amide bonds. The number of benzene rings is 2. The molecule has 0 atom stereocenters. The number of likely N-dealkylation sites (tertiary alicyclic amines) is 2. The Labute approximate surface area is 452 Å². The average Bonchev–Trinajstić information content (AvgIpc) is 3.33. The van der Waals surface area contributed by atoms with Crippen LogP contribution in [0.3, 0.4) is 0 Å². The fourth-order valence-corrected chi connectivity index (χ4v) is 8.95. The Morgan fingerprint density at radius 3 is 1.43 bits per heavy atom. The van der Waals surface area contributed by atoms with Crippen LogP contribution in [0.5, 0.6) is 0 Å². The number of aromatic nitrogens is 4. The lowest BCUT2D eigenvalue weighted by Gasteiger charge is -2.45. The standard InChI is InChI=1S/C27H33ClN6O3.C23H22Cl2N4O3.C4H12N2/c1-27(2)16-33(17-27)23(35)15-34-24-20(22(9-10-30-24)29-11-12-32(3)4)13-21(26(34)37)25(36)31-14-18-5-7-19(28)8-6-18;1-23(2)12-28(13-23)19(30)11-29-20-16(18(25)7-8-26-20)9-17(22(29)32)21(31)27-10-14-3-5-15(24)6-4-14;1-6(2)4-3-5/h5-10,13H,11-12,14-17H2,1-4H3,(H,29,30)(H,31,36);3-9H,10-13H2,1-2H3,(H,27,31);3-5H2,1-2H3. The molecule has 6 heterocycles. The van der Waals surface area contributed by atoms with E-state index < -0.39 is 22.9 Å². The van der Waals surface area contributed by atoms with E-state index in [9.17, 15) is 28.8 Å². The van der Waals surface area contributed by atoms with Gasteiger partial charge in [0, 0.05) is 104 Å². The highest BCUT2D eigenvalue weighted by molar-refractivity contribution is 6.35. The van der Waals surface area contributed by atoms with E-state index in [0.717, 1.165) is 36.4 Å². The molecule has 2 aromatic carbocycles. The maximum Gasteiger partial charge on any atom is 0.265 e. The average molecular weight is 1090 g/mol. The van der Waals surface area contributed by atoms with E-state index in [0.29, 0.717) is 64.2 Å². The minimum absolute atomic E-state index is 0.0399. The lowest BCUT2D eigenvalue weighted by Crippen LogP contribution is -2.56. The fourth-order valence-electron chi connectivity index (χ4n) is 8.51. The van der Waals surface area contributed by atoms with Crippen molar-refractivity contribution in [1.29, 1.82) is 0 Å². The normalized spacial score (nSPS) is 14.3. The van der Waals surface area contributed by atoms with E-state index in [-0.39, 0.29) is 65.6 Å². The van der Waals surface area contributed by atoms with Crippen molar-refractivity contribution in [3.8, 4) is 0 Å². The second kappa shape index (κ2) is 25.4. The molecule has 0 unspecified atom stereocenters. The van der Waals surface area contributed by atoms with Crippen molar-refractivity contribution in [2.24, 2.45) is 16.6 Å². The second-order valence-corrected chi connectivity index (χ2v) is 22.1. The molecule has 5 N–H and O–H groups in total. The number of rotatable bonds is 16. The number of likely N-dealkylation sites (N-methyl/N-ethyl adjacent to an activating group) is 2. The smallest absolute Gasteiger partial charge is 0.265 e. The summed E-state index contributed by atoms with van der Waals surface area (Å²) in [5.74, 6) is -1.45. The third kappa shape index (κ3) is 15.6. The molecule has 0 spiro atoms. The highest BCUT2D eigenvalue weighted by Crippen LogP contribution is 2.31. The fraction of sp³-hybridized carbons (Fsp3) is 0.407. The first-order chi connectivity index (χ1) is 35.4. The monoisotopic (exact) mass is 1080 g/mol. The number of halogens is 3. The zero-order valence-corrected chi connectivity index (χ0v) is 46.1. The van der Waals surface area contributed by atoms with Gasteiger partial charge in [-0.2, -0.15) is 0 Å². The Morgan fingerprint density at radius 1 is 0.613 bits per heavy atom. The van der Waals surface area contributed by atoms with Gasteiger partial charge in [0.05, 0.1) is 5.02 Å². The lowest BCUT2D eigenvalue weighted by atomic mass is 9.84. The number of nitrogens with one attached hydrogen (secondary N) is 3. The topological polar surface area (TPSA) is 213 Å². The van der Waals surface area contributed by atoms with Gasteiger partial charge in [-0.3, -0.25) is 37.9 Å². The number of nitrogens with two attached hydrogens (primary N) is 1. The molecule has 4 aromatic heterocycles. The van der Waals surface area contributed by atoms with E-state index in [1.807, 2.05) is 46.4 Å². The van der Waals surface area contributed by atoms with Crippen molar-refractivity contribution in [2.45, 2.75) is 53.9 Å². The van der Waals surface area contributed by atoms with E-state index in [1.54, 1.807) is 64.5 Å². The third-order valence-corrected chi connectivity index (χ3v) is 13.2. The molecular formula is C54H67Cl3N12O6. The van der Waals surface area contributed by atoms with Crippen LogP contribution >= 0.6 is 34.8 Å². The maximum atomic E-state index is 13.5. The second-order valence-electron chi connectivity index (χ2n) is 20.8. The molecular weight excluding hydrogens is 1020 g/mol. The summed E-state index contributed by atoms with van der Waals surface area (Å²) < 4.78 is 2.55. The van der Waals surface area contributed by atoms with Gasteiger partial charge in [-0.25, -0.2) is 9.97 Å². The molecule has 21 heteroatoms. The Morgan fingerprint density at radius 2 is 1.03 bits per heavy atom. The Balaban J connectivity index is 0.000000222. The minimum atomic E-state index is -0.589. The Bertz CT molecular complexity index is 3130. The molecule has 0 aliphatic carbocycles. The van der Waals surface area contributed by atoms with Crippen molar-refractivity contribution in [1.82, 2.24) is 49.3 Å². The zero-order chi connectivity index (χ0) is 54.8. The molecule has 2 aliphatic rings. The molecule has 0 saturated carbocycles. The highest BCUT2D eigenvalue weighted by Gasteiger charge is 2.38. The Hall–Kier alpha value is -6.41. The number of anilines is 1. The largest absolute Gasteiger partial charge is 0.383 e. The maximum absolute atomic E-state index is 13.5. The molecule has 6 aromatic rings. The Kier molecular flexibility index (Phi) is 19.6. The molecule has 0 radical (unpaired) electrons. The summed E-state index contributed by atoms with van der Waals surface area (Å²) >= 11 is 18.2. The van der Waals surface area contributed by atoms with Crippen LogP contribution in [0.1, 0.15) is 59.5 Å². The highest BCUT2D eigenvalue weighted by atomic mass is 35.5. The van der Waals surface area contributed by atoms with Crippen LogP contribution in [0, 0.1) is 10.8 Å². The molecule has 400 valence electrons. The van der Waals surface area contributed by atoms with Crippen molar-refractivity contribution in [3.63, 3.8) is 0 Å². The molecule has 75 heavy (non-hydrogen) atoms. The van der Waals surface area contributed by atoms with Gasteiger partial charge in [-0.05, 0) is 98.7 Å². The van der Waals surface area contributed by atoms with Gasteiger partial charge in [-0.1, -0.05) is 86.8 Å². The molecule has 8 rings (SSSR count). The predicted octanol–water partition coefficient (Wildman–Crippen LogP) is 5.83. The summed E-state index contributed by atoms with van der Waals surface area (Å²) in [7, 11) is 7.98. The lowest BCUT2D eigenvalue weighted by molar-refractivity contribution is -0.142. The van der Waals surface area contributed by atoms with E-state index >= 15 is 0 Å².